The third-order valence-corrected chi connectivity index (χ3v) is 3.31. The fourth-order valence-electron chi connectivity index (χ4n) is 2.04. The summed E-state index contributed by atoms with van der Waals surface area (Å²) in [5.41, 5.74) is 2.63. The summed E-state index contributed by atoms with van der Waals surface area (Å²) in [5.74, 6) is -0.735. The fraction of sp³-hybridized carbons (Fsp3) is 0.0625. The number of nitrogens with one attached hydrogen (secondary N) is 2. The lowest BCUT2D eigenvalue weighted by molar-refractivity contribution is 0.102. The molecule has 5 nitrogen and oxygen atoms in total. The van der Waals surface area contributed by atoms with Gasteiger partial charge < -0.3 is 5.32 Å². The molecule has 3 aromatic rings. The van der Waals surface area contributed by atoms with Gasteiger partial charge in [-0.3, -0.25) is 14.9 Å². The van der Waals surface area contributed by atoms with Crippen LogP contribution in [-0.2, 0) is 0 Å². The topological polar surface area (TPSA) is 70.7 Å². The van der Waals surface area contributed by atoms with Crippen molar-refractivity contribution in [2.24, 2.45) is 0 Å². The Morgan fingerprint density at radius 2 is 2.00 bits per heavy atom. The molecular weight excluding hydrogens is 283 g/mol. The Labute approximate surface area is 126 Å². The monoisotopic (exact) mass is 296 g/mol. The van der Waals surface area contributed by atoms with Crippen molar-refractivity contribution in [3.63, 3.8) is 0 Å². The Kier molecular flexibility index (Phi) is 3.65. The average molecular weight is 296 g/mol. The smallest absolute Gasteiger partial charge is 0.273 e. The maximum absolute atomic E-state index is 13.5. The Balaban J connectivity index is 1.82. The lowest BCUT2D eigenvalue weighted by Gasteiger charge is -2.07. The zero-order valence-electron chi connectivity index (χ0n) is 11.8. The van der Waals surface area contributed by atoms with Crippen molar-refractivity contribution in [2.45, 2.75) is 6.92 Å². The third kappa shape index (κ3) is 2.71. The second-order valence-electron chi connectivity index (χ2n) is 4.77. The zero-order chi connectivity index (χ0) is 15.5. The number of aromatic amines is 1. The Hall–Kier alpha value is -3.02. The van der Waals surface area contributed by atoms with Gasteiger partial charge in [-0.1, -0.05) is 6.07 Å². The van der Waals surface area contributed by atoms with Crippen molar-refractivity contribution < 1.29 is 9.18 Å². The number of pyridine rings is 1. The van der Waals surface area contributed by atoms with Crippen LogP contribution in [0.3, 0.4) is 0 Å². The molecule has 0 saturated carbocycles. The lowest BCUT2D eigenvalue weighted by atomic mass is 10.1. The van der Waals surface area contributed by atoms with Crippen molar-refractivity contribution >= 4 is 11.6 Å². The van der Waals surface area contributed by atoms with E-state index in [4.69, 9.17) is 0 Å². The molecule has 2 N–H and O–H groups in total. The van der Waals surface area contributed by atoms with Crippen LogP contribution in [-0.4, -0.2) is 21.1 Å². The number of carbonyl (C=O) groups is 1. The molecule has 0 fully saturated rings. The number of aromatic nitrogens is 3. The number of carbonyl (C=O) groups excluding carboxylic acids is 1. The molecule has 0 atom stereocenters. The highest BCUT2D eigenvalue weighted by Gasteiger charge is 2.13. The molecule has 1 amide bonds. The van der Waals surface area contributed by atoms with Crippen molar-refractivity contribution in [3.8, 4) is 11.3 Å². The summed E-state index contributed by atoms with van der Waals surface area (Å²) in [6.45, 7) is 1.61. The van der Waals surface area contributed by atoms with E-state index in [0.717, 1.165) is 5.56 Å². The van der Waals surface area contributed by atoms with Crippen LogP contribution < -0.4 is 5.32 Å². The minimum Gasteiger partial charge on any atom is -0.320 e. The predicted molar refractivity (Wildman–Crippen MR) is 80.9 cm³/mol. The SMILES string of the molecule is Cc1c(F)cccc1NC(=O)c1cc(-c2ccncc2)n[nH]1. The largest absolute Gasteiger partial charge is 0.320 e. The van der Waals surface area contributed by atoms with Crippen LogP contribution in [0.15, 0.2) is 48.8 Å². The molecule has 0 bridgehead atoms. The third-order valence-electron chi connectivity index (χ3n) is 3.31. The van der Waals surface area contributed by atoms with Crippen molar-refractivity contribution in [1.29, 1.82) is 0 Å². The number of anilines is 1. The number of benzene rings is 1. The quantitative estimate of drug-likeness (QED) is 0.780. The number of rotatable bonds is 3. The average Bonchev–Trinajstić information content (AvgIpc) is 3.03. The molecule has 1 aromatic carbocycles. The van der Waals surface area contributed by atoms with Gasteiger partial charge in [0.05, 0.1) is 5.69 Å². The van der Waals surface area contributed by atoms with Crippen LogP contribution in [0.5, 0.6) is 0 Å². The van der Waals surface area contributed by atoms with Gasteiger partial charge >= 0.3 is 0 Å². The van der Waals surface area contributed by atoms with E-state index in [-0.39, 0.29) is 11.7 Å². The molecule has 2 heterocycles. The molecule has 0 aliphatic rings. The number of amides is 1. The van der Waals surface area contributed by atoms with Crippen LogP contribution >= 0.6 is 0 Å². The maximum Gasteiger partial charge on any atom is 0.273 e. The van der Waals surface area contributed by atoms with Crippen LogP contribution in [0, 0.1) is 12.7 Å². The number of nitrogens with zero attached hydrogens (tertiary/aromatic N) is 2. The molecule has 22 heavy (non-hydrogen) atoms. The maximum atomic E-state index is 13.5. The number of hydrogen-bond acceptors (Lipinski definition) is 3. The highest BCUT2D eigenvalue weighted by molar-refractivity contribution is 6.03. The molecule has 0 unspecified atom stereocenters. The molecule has 0 aliphatic heterocycles. The molecule has 110 valence electrons. The predicted octanol–water partition coefficient (Wildman–Crippen LogP) is 3.17. The van der Waals surface area contributed by atoms with Gasteiger partial charge in [-0.25, -0.2) is 4.39 Å². The van der Waals surface area contributed by atoms with Gasteiger partial charge in [-0.2, -0.15) is 5.10 Å². The summed E-state index contributed by atoms with van der Waals surface area (Å²) in [6, 6.07) is 9.79. The summed E-state index contributed by atoms with van der Waals surface area (Å²) >= 11 is 0. The van der Waals surface area contributed by atoms with Crippen molar-refractivity contribution in [2.75, 3.05) is 5.32 Å². The minimum atomic E-state index is -0.374. The molecule has 0 spiro atoms. The summed E-state index contributed by atoms with van der Waals surface area (Å²) in [5, 5.41) is 9.45. The Morgan fingerprint density at radius 3 is 2.77 bits per heavy atom. The number of hydrogen-bond donors (Lipinski definition) is 2. The standard InChI is InChI=1S/C16H13FN4O/c1-10-12(17)3-2-4-13(10)19-16(22)15-9-14(20-21-15)11-5-7-18-8-6-11/h2-9H,1H3,(H,19,22)(H,20,21). The molecular formula is C16H13FN4O. The van der Waals surface area contributed by atoms with E-state index in [1.807, 2.05) is 0 Å². The summed E-state index contributed by atoms with van der Waals surface area (Å²) in [4.78, 5) is 16.1. The van der Waals surface area contributed by atoms with Gasteiger partial charge in [0.25, 0.3) is 5.91 Å². The molecule has 2 aromatic heterocycles. The van der Waals surface area contributed by atoms with Gasteiger partial charge in [-0.05, 0) is 37.3 Å². The summed E-state index contributed by atoms with van der Waals surface area (Å²) in [6.07, 6.45) is 3.31. The summed E-state index contributed by atoms with van der Waals surface area (Å²) in [7, 11) is 0. The van der Waals surface area contributed by atoms with Gasteiger partial charge in [-0.15, -0.1) is 0 Å². The van der Waals surface area contributed by atoms with E-state index >= 15 is 0 Å². The highest BCUT2D eigenvalue weighted by Crippen LogP contribution is 2.20. The first-order valence-corrected chi connectivity index (χ1v) is 6.67. The fourth-order valence-corrected chi connectivity index (χ4v) is 2.04. The zero-order valence-corrected chi connectivity index (χ0v) is 11.8. The minimum absolute atomic E-state index is 0.301. The van der Waals surface area contributed by atoms with Crippen LogP contribution in [0.1, 0.15) is 16.1 Å². The molecule has 0 radical (unpaired) electrons. The second-order valence-corrected chi connectivity index (χ2v) is 4.77. The van der Waals surface area contributed by atoms with Crippen LogP contribution in [0.2, 0.25) is 0 Å². The van der Waals surface area contributed by atoms with Crippen molar-refractivity contribution in [3.05, 3.63) is 65.9 Å². The van der Waals surface area contributed by atoms with E-state index in [9.17, 15) is 9.18 Å². The Morgan fingerprint density at radius 1 is 1.23 bits per heavy atom. The molecule has 0 aliphatic carbocycles. The normalized spacial score (nSPS) is 10.5. The van der Waals surface area contributed by atoms with E-state index in [1.54, 1.807) is 49.6 Å². The van der Waals surface area contributed by atoms with E-state index in [0.29, 0.717) is 22.6 Å². The molecule has 0 saturated heterocycles. The van der Waals surface area contributed by atoms with Gasteiger partial charge in [0.2, 0.25) is 0 Å². The van der Waals surface area contributed by atoms with Gasteiger partial charge in [0.1, 0.15) is 11.5 Å². The van der Waals surface area contributed by atoms with Crippen molar-refractivity contribution in [1.82, 2.24) is 15.2 Å². The van der Waals surface area contributed by atoms with Crippen LogP contribution in [0.4, 0.5) is 10.1 Å². The van der Waals surface area contributed by atoms with Gasteiger partial charge in [0.15, 0.2) is 0 Å². The molecule has 3 rings (SSSR count). The van der Waals surface area contributed by atoms with E-state index in [1.165, 1.54) is 6.07 Å². The first kappa shape index (κ1) is 13.9. The second kappa shape index (κ2) is 5.77. The lowest BCUT2D eigenvalue weighted by Crippen LogP contribution is -2.13. The van der Waals surface area contributed by atoms with E-state index < -0.39 is 0 Å². The summed E-state index contributed by atoms with van der Waals surface area (Å²) < 4.78 is 13.5. The van der Waals surface area contributed by atoms with Gasteiger partial charge in [0, 0.05) is 29.2 Å². The first-order chi connectivity index (χ1) is 10.6. The number of halogens is 1. The van der Waals surface area contributed by atoms with Crippen LogP contribution in [0.25, 0.3) is 11.3 Å². The number of H-pyrrole nitrogens is 1. The first-order valence-electron chi connectivity index (χ1n) is 6.67. The highest BCUT2D eigenvalue weighted by atomic mass is 19.1. The van der Waals surface area contributed by atoms with E-state index in [2.05, 4.69) is 20.5 Å². The Bertz CT molecular complexity index is 814. The molecule has 6 heteroatoms.